The molecule has 2 heterocycles. The Morgan fingerprint density at radius 2 is 1.49 bits per heavy atom. The number of nitrogens with one attached hydrogen (secondary N) is 3. The number of ether oxygens (including phenoxy) is 2. The van der Waals surface area contributed by atoms with Crippen LogP contribution in [0.1, 0.15) is 74.2 Å². The zero-order valence-corrected chi connectivity index (χ0v) is 31.6. The number of aromatic amines is 1. The number of rotatable bonds is 14. The van der Waals surface area contributed by atoms with E-state index in [9.17, 15) is 14.7 Å². The molecule has 0 aliphatic heterocycles. The number of aliphatic hydroxyl groups excluding tert-OH is 1. The molecule has 9 nitrogen and oxygen atoms in total. The van der Waals surface area contributed by atoms with Gasteiger partial charge in [-0.15, -0.1) is 0 Å². The summed E-state index contributed by atoms with van der Waals surface area (Å²) in [6.45, 7) is 14.7. The molecule has 9 heteroatoms. The third-order valence-electron chi connectivity index (χ3n) is 8.52. The highest BCUT2D eigenvalue weighted by atomic mass is 16.5. The molecule has 278 valence electrons. The number of ketones is 1. The molecule has 2 aromatic heterocycles. The van der Waals surface area contributed by atoms with Crippen molar-refractivity contribution in [1.82, 2.24) is 20.2 Å². The van der Waals surface area contributed by atoms with E-state index < -0.39 is 6.10 Å². The van der Waals surface area contributed by atoms with Gasteiger partial charge in [-0.25, -0.2) is 0 Å². The predicted octanol–water partition coefficient (Wildman–Crippen LogP) is 8.13. The highest BCUT2D eigenvalue weighted by Gasteiger charge is 2.18. The van der Waals surface area contributed by atoms with Gasteiger partial charge in [0, 0.05) is 57.4 Å². The maximum Gasteiger partial charge on any atom is 0.197 e. The summed E-state index contributed by atoms with van der Waals surface area (Å²) in [4.78, 5) is 27.5. The largest absolute Gasteiger partial charge is 0.493 e. The molecule has 0 radical (unpaired) electrons. The van der Waals surface area contributed by atoms with Crippen LogP contribution in [0, 0.1) is 0 Å². The second-order valence-corrected chi connectivity index (χ2v) is 15.1. The number of carbonyl (C=O) groups is 2. The Morgan fingerprint density at radius 1 is 0.792 bits per heavy atom. The van der Waals surface area contributed by atoms with Crippen LogP contribution >= 0.6 is 0 Å². The number of H-pyrrole nitrogens is 1. The zero-order valence-electron chi connectivity index (χ0n) is 31.6. The number of aromatic nitrogens is 2. The van der Waals surface area contributed by atoms with Crippen LogP contribution in [0.25, 0.3) is 27.5 Å². The Kier molecular flexibility index (Phi) is 12.9. The first-order valence-electron chi connectivity index (χ1n) is 18.1. The molecule has 6 aromatic rings. The normalized spacial score (nSPS) is 12.3. The summed E-state index contributed by atoms with van der Waals surface area (Å²) in [7, 11) is 0. The van der Waals surface area contributed by atoms with Crippen molar-refractivity contribution in [2.45, 2.75) is 65.1 Å². The molecule has 53 heavy (non-hydrogen) atoms. The highest BCUT2D eigenvalue weighted by Crippen LogP contribution is 2.29. The fourth-order valence-electron chi connectivity index (χ4n) is 5.88. The maximum absolute atomic E-state index is 13.1. The molecular weight excluding hydrogens is 665 g/mol. The number of benzene rings is 4. The minimum Gasteiger partial charge on any atom is -0.493 e. The van der Waals surface area contributed by atoms with E-state index in [0.29, 0.717) is 41.3 Å². The van der Waals surface area contributed by atoms with Crippen molar-refractivity contribution in [1.29, 1.82) is 0 Å². The molecule has 1 atom stereocenters. The minimum absolute atomic E-state index is 0.0152. The summed E-state index contributed by atoms with van der Waals surface area (Å²) >= 11 is 0. The number of hydrogen-bond donors (Lipinski definition) is 4. The van der Waals surface area contributed by atoms with Crippen molar-refractivity contribution in [2.24, 2.45) is 0 Å². The number of β-amino-alcohol motifs (C(OH)–C–C–N with tert-alkyl or cyclic N) is 1. The van der Waals surface area contributed by atoms with Crippen LogP contribution < -0.4 is 20.1 Å². The summed E-state index contributed by atoms with van der Waals surface area (Å²) in [6, 6.07) is 30.4. The second-order valence-electron chi connectivity index (χ2n) is 15.1. The molecule has 0 fully saturated rings. The molecule has 4 N–H and O–H groups in total. The van der Waals surface area contributed by atoms with Crippen LogP contribution in [0.2, 0.25) is 0 Å². The number of hydrogen-bond acceptors (Lipinski definition) is 7. The van der Waals surface area contributed by atoms with Crippen molar-refractivity contribution in [3.63, 3.8) is 0 Å². The molecule has 0 aliphatic carbocycles. The third-order valence-corrected chi connectivity index (χ3v) is 8.52. The first-order valence-corrected chi connectivity index (χ1v) is 18.1. The number of aliphatic hydroxyl groups is 1. The van der Waals surface area contributed by atoms with Crippen LogP contribution in [-0.2, 0) is 0 Å². The van der Waals surface area contributed by atoms with E-state index in [4.69, 9.17) is 9.47 Å². The SMILES string of the molecule is CC(C)(C)NCC(O)COc1ccccc1-n1ccc2c(C=O)cccc21.CC(C)(C)NCCCOc1ccccc1C(=O)c1cccc2[nH]ccc12. The van der Waals surface area contributed by atoms with Gasteiger partial charge < -0.3 is 34.8 Å². The van der Waals surface area contributed by atoms with Crippen LogP contribution in [0.15, 0.2) is 109 Å². The number of aldehydes is 1. The molecule has 0 amide bonds. The Balaban J connectivity index is 0.000000204. The van der Waals surface area contributed by atoms with E-state index in [1.54, 1.807) is 6.07 Å². The molecule has 0 spiro atoms. The number of fused-ring (bicyclic) bond motifs is 2. The van der Waals surface area contributed by atoms with Gasteiger partial charge in [0.1, 0.15) is 24.2 Å². The molecule has 1 unspecified atom stereocenters. The smallest absolute Gasteiger partial charge is 0.197 e. The Labute approximate surface area is 312 Å². The highest BCUT2D eigenvalue weighted by molar-refractivity contribution is 6.17. The van der Waals surface area contributed by atoms with Gasteiger partial charge in [-0.1, -0.05) is 48.5 Å². The third kappa shape index (κ3) is 10.7. The van der Waals surface area contributed by atoms with E-state index in [1.165, 1.54) is 0 Å². The van der Waals surface area contributed by atoms with Crippen LogP contribution in [0.3, 0.4) is 0 Å². The van der Waals surface area contributed by atoms with Gasteiger partial charge in [0.2, 0.25) is 0 Å². The van der Waals surface area contributed by atoms with Crippen molar-refractivity contribution in [2.75, 3.05) is 26.3 Å². The second kappa shape index (κ2) is 17.5. The summed E-state index contributed by atoms with van der Waals surface area (Å²) in [5, 5.41) is 18.7. The number of nitrogens with zero attached hydrogens (tertiary/aromatic N) is 1. The number of para-hydroxylation sites is 3. The van der Waals surface area contributed by atoms with E-state index >= 15 is 0 Å². The first kappa shape index (κ1) is 39.0. The van der Waals surface area contributed by atoms with Crippen LogP contribution in [-0.4, -0.2) is 70.2 Å². The molecule has 4 aromatic carbocycles. The fraction of sp³-hybridized carbons (Fsp3) is 0.318. The quantitative estimate of drug-likeness (QED) is 0.0511. The zero-order chi connectivity index (χ0) is 38.0. The number of carbonyl (C=O) groups excluding carboxylic acids is 2. The summed E-state index contributed by atoms with van der Waals surface area (Å²) < 4.78 is 13.8. The van der Waals surface area contributed by atoms with E-state index in [1.807, 2.05) is 108 Å². The minimum atomic E-state index is -0.611. The van der Waals surface area contributed by atoms with Crippen molar-refractivity contribution in [3.8, 4) is 17.2 Å². The van der Waals surface area contributed by atoms with Gasteiger partial charge in [-0.3, -0.25) is 9.59 Å². The van der Waals surface area contributed by atoms with Crippen molar-refractivity contribution in [3.05, 3.63) is 126 Å². The van der Waals surface area contributed by atoms with E-state index in [0.717, 1.165) is 46.7 Å². The molecule has 0 aliphatic rings. The predicted molar refractivity (Wildman–Crippen MR) is 214 cm³/mol. The first-order chi connectivity index (χ1) is 25.3. The van der Waals surface area contributed by atoms with Gasteiger partial charge in [0.15, 0.2) is 12.1 Å². The molecule has 0 saturated heterocycles. The van der Waals surface area contributed by atoms with Gasteiger partial charge in [-0.2, -0.15) is 0 Å². The van der Waals surface area contributed by atoms with E-state index in [-0.39, 0.29) is 23.5 Å². The standard InChI is InChI=1S/C22H26N2O3.C22H26N2O2/c1-22(2,3)23-13-17(26)15-27-21-10-5-4-8-20(21)24-12-11-18-16(14-25)7-6-9-19(18)24;1-22(2,3)24-13-7-15-26-20-11-5-4-8-18(20)21(25)17-9-6-10-19-16(17)12-14-23-19/h4-12,14,17,23,26H,13,15H2,1-3H3;4-6,8-12,14,23-24H,7,13,15H2,1-3H3. The van der Waals surface area contributed by atoms with E-state index in [2.05, 4.69) is 57.2 Å². The van der Waals surface area contributed by atoms with Crippen LogP contribution in [0.5, 0.6) is 11.5 Å². The molecular formula is C44H52N4O5. The van der Waals surface area contributed by atoms with Crippen molar-refractivity contribution < 1.29 is 24.2 Å². The maximum atomic E-state index is 13.1. The Morgan fingerprint density at radius 3 is 2.25 bits per heavy atom. The fourth-order valence-corrected chi connectivity index (χ4v) is 5.88. The van der Waals surface area contributed by atoms with Gasteiger partial charge in [0.05, 0.1) is 23.4 Å². The molecule has 0 bridgehead atoms. The van der Waals surface area contributed by atoms with Gasteiger partial charge in [-0.05, 0) is 103 Å². The lowest BCUT2D eigenvalue weighted by atomic mass is 9.99. The lowest BCUT2D eigenvalue weighted by Crippen LogP contribution is -2.42. The Bertz CT molecular complexity index is 2120. The van der Waals surface area contributed by atoms with Gasteiger partial charge in [0.25, 0.3) is 0 Å². The Hall–Kier alpha value is -5.22. The molecule has 0 saturated carbocycles. The topological polar surface area (TPSA) is 118 Å². The average Bonchev–Trinajstić information content (AvgIpc) is 3.80. The average molecular weight is 717 g/mol. The lowest BCUT2D eigenvalue weighted by Gasteiger charge is -2.23. The summed E-state index contributed by atoms with van der Waals surface area (Å²) in [6.07, 6.45) is 4.92. The van der Waals surface area contributed by atoms with Crippen molar-refractivity contribution >= 4 is 33.9 Å². The lowest BCUT2D eigenvalue weighted by molar-refractivity contribution is 0.100. The monoisotopic (exact) mass is 716 g/mol. The van der Waals surface area contributed by atoms with Crippen LogP contribution in [0.4, 0.5) is 0 Å². The molecule has 6 rings (SSSR count). The summed E-state index contributed by atoms with van der Waals surface area (Å²) in [5.41, 5.74) is 4.76. The van der Waals surface area contributed by atoms with Gasteiger partial charge >= 0.3 is 0 Å². The summed E-state index contributed by atoms with van der Waals surface area (Å²) in [5.74, 6) is 1.31.